The Kier molecular flexibility index (Phi) is 5.20. The Labute approximate surface area is 144 Å². The summed E-state index contributed by atoms with van der Waals surface area (Å²) in [6.45, 7) is 4.71. The molecule has 3 aromatic rings. The lowest BCUT2D eigenvalue weighted by Gasteiger charge is -2.03. The molecule has 2 aromatic heterocycles. The van der Waals surface area contributed by atoms with Gasteiger partial charge in [-0.3, -0.25) is 9.89 Å². The van der Waals surface area contributed by atoms with Gasteiger partial charge in [0.2, 0.25) is 11.1 Å². The van der Waals surface area contributed by atoms with Crippen molar-refractivity contribution in [2.75, 3.05) is 12.3 Å². The zero-order chi connectivity index (χ0) is 16.9. The second-order valence-corrected chi connectivity index (χ2v) is 6.85. The number of thioether (sulfide) groups is 1. The van der Waals surface area contributed by atoms with Gasteiger partial charge in [-0.05, 0) is 18.1 Å². The van der Waals surface area contributed by atoms with Gasteiger partial charge in [0.15, 0.2) is 0 Å². The standard InChI is InChI=1S/C17H21N5OS/c1-11(2)16-20-17(22-21-16)24-10-15(23)18-8-7-12-9-19-14-6-4-3-5-13(12)14/h3-6,9,11,19H,7-8,10H2,1-2H3,(H,18,23)(H,20,21,22). The van der Waals surface area contributed by atoms with E-state index in [0.29, 0.717) is 23.4 Å². The lowest BCUT2D eigenvalue weighted by Crippen LogP contribution is -2.27. The highest BCUT2D eigenvalue weighted by molar-refractivity contribution is 7.99. The van der Waals surface area contributed by atoms with Crippen LogP contribution >= 0.6 is 11.8 Å². The molecule has 7 heteroatoms. The van der Waals surface area contributed by atoms with Gasteiger partial charge in [0.1, 0.15) is 5.82 Å². The number of aromatic nitrogens is 4. The molecule has 126 valence electrons. The Morgan fingerprint density at radius 3 is 2.96 bits per heavy atom. The molecule has 0 saturated heterocycles. The van der Waals surface area contributed by atoms with E-state index < -0.39 is 0 Å². The molecular weight excluding hydrogens is 322 g/mol. The molecule has 3 rings (SSSR count). The number of carbonyl (C=O) groups excluding carboxylic acids is 1. The number of fused-ring (bicyclic) bond motifs is 1. The summed E-state index contributed by atoms with van der Waals surface area (Å²) in [5.41, 5.74) is 2.34. The van der Waals surface area contributed by atoms with Crippen LogP contribution in [0.3, 0.4) is 0 Å². The highest BCUT2D eigenvalue weighted by Crippen LogP contribution is 2.18. The summed E-state index contributed by atoms with van der Waals surface area (Å²) in [7, 11) is 0. The van der Waals surface area contributed by atoms with Crippen molar-refractivity contribution < 1.29 is 4.79 Å². The fourth-order valence-corrected chi connectivity index (χ4v) is 3.07. The van der Waals surface area contributed by atoms with Crippen molar-refractivity contribution in [2.45, 2.75) is 31.3 Å². The highest BCUT2D eigenvalue weighted by Gasteiger charge is 2.10. The Bertz CT molecular complexity index is 823. The van der Waals surface area contributed by atoms with Crippen molar-refractivity contribution in [3.63, 3.8) is 0 Å². The number of hydrogen-bond acceptors (Lipinski definition) is 4. The summed E-state index contributed by atoms with van der Waals surface area (Å²) < 4.78 is 0. The Balaban J connectivity index is 1.44. The molecule has 1 aromatic carbocycles. The summed E-state index contributed by atoms with van der Waals surface area (Å²) in [5.74, 6) is 1.47. The van der Waals surface area contributed by atoms with E-state index in [9.17, 15) is 4.79 Å². The summed E-state index contributed by atoms with van der Waals surface area (Å²) in [4.78, 5) is 19.5. The molecule has 0 radical (unpaired) electrons. The summed E-state index contributed by atoms with van der Waals surface area (Å²) >= 11 is 1.35. The molecule has 3 N–H and O–H groups in total. The first kappa shape index (κ1) is 16.6. The van der Waals surface area contributed by atoms with E-state index in [-0.39, 0.29) is 5.91 Å². The number of amides is 1. The van der Waals surface area contributed by atoms with Crippen LogP contribution < -0.4 is 5.32 Å². The monoisotopic (exact) mass is 343 g/mol. The van der Waals surface area contributed by atoms with Gasteiger partial charge in [-0.1, -0.05) is 43.8 Å². The van der Waals surface area contributed by atoms with E-state index in [4.69, 9.17) is 0 Å². The number of hydrogen-bond donors (Lipinski definition) is 3. The van der Waals surface area contributed by atoms with E-state index in [1.165, 1.54) is 22.7 Å². The van der Waals surface area contributed by atoms with Gasteiger partial charge in [0.25, 0.3) is 0 Å². The SMILES string of the molecule is CC(C)c1nc(SCC(=O)NCCc2c[nH]c3ccccc23)n[nH]1. The lowest BCUT2D eigenvalue weighted by atomic mass is 10.1. The summed E-state index contributed by atoms with van der Waals surface area (Å²) in [6, 6.07) is 8.18. The molecule has 6 nitrogen and oxygen atoms in total. The van der Waals surface area contributed by atoms with Crippen LogP contribution in [-0.2, 0) is 11.2 Å². The Morgan fingerprint density at radius 2 is 2.17 bits per heavy atom. The molecule has 0 aliphatic carbocycles. The lowest BCUT2D eigenvalue weighted by molar-refractivity contribution is -0.118. The number of carbonyl (C=O) groups is 1. The molecule has 2 heterocycles. The van der Waals surface area contributed by atoms with Gasteiger partial charge >= 0.3 is 0 Å². The Hall–Kier alpha value is -2.28. The van der Waals surface area contributed by atoms with Crippen LogP contribution in [0.5, 0.6) is 0 Å². The van der Waals surface area contributed by atoms with Crippen LogP contribution in [0.4, 0.5) is 0 Å². The number of benzene rings is 1. The normalized spacial score (nSPS) is 11.3. The molecule has 0 aliphatic heterocycles. The van der Waals surface area contributed by atoms with Crippen molar-refractivity contribution in [2.24, 2.45) is 0 Å². The summed E-state index contributed by atoms with van der Waals surface area (Å²) in [6.07, 6.45) is 2.81. The van der Waals surface area contributed by atoms with E-state index in [0.717, 1.165) is 17.8 Å². The third-order valence-corrected chi connectivity index (χ3v) is 4.60. The smallest absolute Gasteiger partial charge is 0.230 e. The summed E-state index contributed by atoms with van der Waals surface area (Å²) in [5, 5.41) is 11.8. The van der Waals surface area contributed by atoms with Crippen LogP contribution in [0.1, 0.15) is 31.2 Å². The topological polar surface area (TPSA) is 86.5 Å². The molecule has 0 saturated carbocycles. The first-order chi connectivity index (χ1) is 11.6. The minimum absolute atomic E-state index is 0.00395. The minimum atomic E-state index is -0.00395. The fourth-order valence-electron chi connectivity index (χ4n) is 2.44. The predicted molar refractivity (Wildman–Crippen MR) is 96.2 cm³/mol. The maximum Gasteiger partial charge on any atom is 0.230 e. The molecule has 0 atom stereocenters. The number of nitrogens with zero attached hydrogens (tertiary/aromatic N) is 2. The van der Waals surface area contributed by atoms with E-state index in [2.05, 4.69) is 37.6 Å². The van der Waals surface area contributed by atoms with Gasteiger partial charge in [-0.2, -0.15) is 0 Å². The third-order valence-electron chi connectivity index (χ3n) is 3.75. The minimum Gasteiger partial charge on any atom is -0.361 e. The maximum absolute atomic E-state index is 11.9. The van der Waals surface area contributed by atoms with Crippen LogP contribution in [0.15, 0.2) is 35.6 Å². The van der Waals surface area contributed by atoms with Gasteiger partial charge < -0.3 is 10.3 Å². The molecule has 24 heavy (non-hydrogen) atoms. The molecule has 0 fully saturated rings. The zero-order valence-corrected chi connectivity index (χ0v) is 14.6. The van der Waals surface area contributed by atoms with E-state index in [1.807, 2.05) is 32.2 Å². The van der Waals surface area contributed by atoms with Crippen LogP contribution in [0, 0.1) is 0 Å². The van der Waals surface area contributed by atoms with Crippen LogP contribution in [-0.4, -0.2) is 38.4 Å². The van der Waals surface area contributed by atoms with Gasteiger partial charge in [-0.15, -0.1) is 5.10 Å². The fraction of sp³-hybridized carbons (Fsp3) is 0.353. The second-order valence-electron chi connectivity index (χ2n) is 5.91. The van der Waals surface area contributed by atoms with Crippen molar-refractivity contribution in [3.05, 3.63) is 41.9 Å². The molecule has 0 bridgehead atoms. The van der Waals surface area contributed by atoms with Gasteiger partial charge in [-0.25, -0.2) is 4.98 Å². The Morgan fingerprint density at radius 1 is 1.33 bits per heavy atom. The van der Waals surface area contributed by atoms with Crippen LogP contribution in [0.25, 0.3) is 10.9 Å². The average Bonchev–Trinajstić information content (AvgIpc) is 3.20. The quantitative estimate of drug-likeness (QED) is 0.576. The zero-order valence-electron chi connectivity index (χ0n) is 13.8. The van der Waals surface area contributed by atoms with Crippen molar-refractivity contribution >= 4 is 28.6 Å². The molecule has 0 spiro atoms. The first-order valence-electron chi connectivity index (χ1n) is 8.00. The van der Waals surface area contributed by atoms with E-state index >= 15 is 0 Å². The second kappa shape index (κ2) is 7.53. The van der Waals surface area contributed by atoms with Crippen molar-refractivity contribution in [1.29, 1.82) is 0 Å². The van der Waals surface area contributed by atoms with Crippen molar-refractivity contribution in [1.82, 2.24) is 25.5 Å². The van der Waals surface area contributed by atoms with Gasteiger partial charge in [0.05, 0.1) is 5.75 Å². The maximum atomic E-state index is 11.9. The first-order valence-corrected chi connectivity index (χ1v) is 8.99. The molecule has 0 unspecified atom stereocenters. The van der Waals surface area contributed by atoms with E-state index in [1.54, 1.807) is 0 Å². The average molecular weight is 343 g/mol. The molecular formula is C17H21N5OS. The highest BCUT2D eigenvalue weighted by atomic mass is 32.2. The number of para-hydroxylation sites is 1. The number of H-pyrrole nitrogens is 2. The number of nitrogens with one attached hydrogen (secondary N) is 3. The largest absolute Gasteiger partial charge is 0.361 e. The third kappa shape index (κ3) is 3.97. The molecule has 0 aliphatic rings. The van der Waals surface area contributed by atoms with Crippen LogP contribution in [0.2, 0.25) is 0 Å². The van der Waals surface area contributed by atoms with Gasteiger partial charge in [0, 0.05) is 29.6 Å². The molecule has 1 amide bonds. The number of aromatic amines is 2. The van der Waals surface area contributed by atoms with Crippen molar-refractivity contribution in [3.8, 4) is 0 Å². The number of rotatable bonds is 7. The predicted octanol–water partition coefficient (Wildman–Crippen LogP) is 2.86.